The predicted molar refractivity (Wildman–Crippen MR) is 396 cm³/mol. The van der Waals surface area contributed by atoms with Gasteiger partial charge in [0.25, 0.3) is 0 Å². The first-order chi connectivity index (χ1) is 47.1. The Bertz CT molecular complexity index is 1940. The summed E-state index contributed by atoms with van der Waals surface area (Å²) in [6.07, 6.45) is 75.3. The molecule has 0 aromatic heterocycles. The molecule has 2 saturated heterocycles. The molecule has 14 heteroatoms. The zero-order valence-corrected chi connectivity index (χ0v) is 61.1. The smallest absolute Gasteiger partial charge is 0.220 e. The molecule has 9 N–H and O–H groups in total. The molecule has 2 aliphatic heterocycles. The molecule has 2 aliphatic rings. The largest absolute Gasteiger partial charge is 0.394 e. The molecule has 1 amide bonds. The number of aliphatic hydroxyl groups excluding tert-OH is 8. The molecule has 0 bridgehead atoms. The van der Waals surface area contributed by atoms with E-state index in [0.29, 0.717) is 12.8 Å². The second-order valence-electron chi connectivity index (χ2n) is 27.8. The van der Waals surface area contributed by atoms with E-state index in [1.165, 1.54) is 238 Å². The van der Waals surface area contributed by atoms with Crippen LogP contribution in [0.25, 0.3) is 0 Å². The lowest BCUT2D eigenvalue weighted by molar-refractivity contribution is -0.359. The molecule has 12 atom stereocenters. The van der Waals surface area contributed by atoms with Crippen molar-refractivity contribution in [3.05, 3.63) is 85.1 Å². The SMILES string of the molecule is CC/C=C\C/C=C\C/C=C\C/C=C\C/C=C\CCCCCCCCCCCCCCCCCCCCCCCCCC(=O)NC(COC1OC(CO)C(OC2OC(CO)C(O)C(O)C2O)C(O)C1O)C(O)/C=C/CC/C=C/CCCCCCCCCCCCCCCCCCC. The lowest BCUT2D eigenvalue weighted by atomic mass is 9.97. The summed E-state index contributed by atoms with van der Waals surface area (Å²) in [7, 11) is 0. The van der Waals surface area contributed by atoms with Crippen LogP contribution in [0.4, 0.5) is 0 Å². The summed E-state index contributed by atoms with van der Waals surface area (Å²) < 4.78 is 22.9. The average molecular weight is 1360 g/mol. The van der Waals surface area contributed by atoms with Gasteiger partial charge in [0.05, 0.1) is 32.0 Å². The number of carbonyl (C=O) groups is 1. The summed E-state index contributed by atoms with van der Waals surface area (Å²) in [6.45, 7) is 2.71. The third-order valence-corrected chi connectivity index (χ3v) is 19.1. The Morgan fingerprint density at radius 1 is 0.385 bits per heavy atom. The first kappa shape index (κ1) is 89.3. The van der Waals surface area contributed by atoms with Crippen molar-refractivity contribution in [1.82, 2.24) is 5.32 Å². The Morgan fingerprint density at radius 2 is 0.729 bits per heavy atom. The highest BCUT2D eigenvalue weighted by molar-refractivity contribution is 5.76. The maximum atomic E-state index is 13.4. The van der Waals surface area contributed by atoms with Crippen molar-refractivity contribution < 1.29 is 64.6 Å². The highest BCUT2D eigenvalue weighted by Crippen LogP contribution is 2.30. The fourth-order valence-electron chi connectivity index (χ4n) is 12.8. The van der Waals surface area contributed by atoms with E-state index in [4.69, 9.17) is 18.9 Å². The molecule has 2 rings (SSSR count). The van der Waals surface area contributed by atoms with Gasteiger partial charge in [0, 0.05) is 6.42 Å². The van der Waals surface area contributed by atoms with Crippen molar-refractivity contribution >= 4 is 5.91 Å². The van der Waals surface area contributed by atoms with E-state index in [0.717, 1.165) is 64.2 Å². The van der Waals surface area contributed by atoms with Crippen LogP contribution in [0.5, 0.6) is 0 Å². The maximum Gasteiger partial charge on any atom is 0.220 e. The number of ether oxygens (including phenoxy) is 4. The molecule has 0 aromatic carbocycles. The van der Waals surface area contributed by atoms with E-state index in [9.17, 15) is 45.6 Å². The fourth-order valence-corrected chi connectivity index (χ4v) is 12.8. The van der Waals surface area contributed by atoms with Crippen LogP contribution in [0.3, 0.4) is 0 Å². The first-order valence-corrected chi connectivity index (χ1v) is 39.8. The van der Waals surface area contributed by atoms with Gasteiger partial charge in [-0.15, -0.1) is 0 Å². The van der Waals surface area contributed by atoms with E-state index in [-0.39, 0.29) is 18.9 Å². The number of hydrogen-bond donors (Lipinski definition) is 9. The number of nitrogens with one attached hydrogen (secondary N) is 1. The van der Waals surface area contributed by atoms with Gasteiger partial charge >= 0.3 is 0 Å². The first-order valence-electron chi connectivity index (χ1n) is 39.8. The van der Waals surface area contributed by atoms with Crippen LogP contribution in [0.2, 0.25) is 0 Å². The van der Waals surface area contributed by atoms with E-state index in [1.54, 1.807) is 6.08 Å². The van der Waals surface area contributed by atoms with Crippen LogP contribution in [0, 0.1) is 0 Å². The van der Waals surface area contributed by atoms with Crippen LogP contribution in [-0.2, 0) is 23.7 Å². The van der Waals surface area contributed by atoms with Crippen LogP contribution < -0.4 is 5.32 Å². The van der Waals surface area contributed by atoms with E-state index >= 15 is 0 Å². The molecule has 2 heterocycles. The molecule has 12 unspecified atom stereocenters. The predicted octanol–water partition coefficient (Wildman–Crippen LogP) is 17.9. The van der Waals surface area contributed by atoms with E-state index < -0.39 is 86.8 Å². The van der Waals surface area contributed by atoms with Crippen LogP contribution in [0.15, 0.2) is 85.1 Å². The average Bonchev–Trinajstić information content (AvgIpc) is 0.806. The van der Waals surface area contributed by atoms with Crippen molar-refractivity contribution in [2.75, 3.05) is 19.8 Å². The lowest BCUT2D eigenvalue weighted by Gasteiger charge is -2.46. The van der Waals surface area contributed by atoms with Crippen LogP contribution in [-0.4, -0.2) is 140 Å². The second-order valence-corrected chi connectivity index (χ2v) is 27.8. The molecule has 558 valence electrons. The minimum atomic E-state index is -1.79. The highest BCUT2D eigenvalue weighted by Gasteiger charge is 2.51. The normalized spacial score (nSPS) is 22.7. The van der Waals surface area contributed by atoms with Crippen LogP contribution in [0.1, 0.15) is 335 Å². The lowest BCUT2D eigenvalue weighted by Crippen LogP contribution is -2.65. The Hall–Kier alpha value is -2.83. The summed E-state index contributed by atoms with van der Waals surface area (Å²) in [5.41, 5.74) is 0. The third kappa shape index (κ3) is 48.1. The number of carbonyl (C=O) groups excluding carboxylic acids is 1. The molecule has 0 aliphatic carbocycles. The molecular weight excluding hydrogens is 1210 g/mol. The molecule has 96 heavy (non-hydrogen) atoms. The zero-order chi connectivity index (χ0) is 69.4. The summed E-state index contributed by atoms with van der Waals surface area (Å²) >= 11 is 0. The van der Waals surface area contributed by atoms with Gasteiger partial charge in [0.2, 0.25) is 5.91 Å². The van der Waals surface area contributed by atoms with Gasteiger partial charge < -0.3 is 65.1 Å². The number of hydrogen-bond acceptors (Lipinski definition) is 13. The van der Waals surface area contributed by atoms with Crippen molar-refractivity contribution in [1.29, 1.82) is 0 Å². The van der Waals surface area contributed by atoms with Crippen LogP contribution >= 0.6 is 0 Å². The Morgan fingerprint density at radius 3 is 1.15 bits per heavy atom. The topological polar surface area (TPSA) is 228 Å². The van der Waals surface area contributed by atoms with Gasteiger partial charge in [-0.1, -0.05) is 336 Å². The maximum absolute atomic E-state index is 13.4. The van der Waals surface area contributed by atoms with Gasteiger partial charge in [-0.05, 0) is 77.0 Å². The molecule has 2 fully saturated rings. The third-order valence-electron chi connectivity index (χ3n) is 19.1. The number of aliphatic hydroxyl groups is 8. The Kier molecular flexibility index (Phi) is 60.9. The number of unbranched alkanes of at least 4 members (excludes halogenated alkanes) is 41. The van der Waals surface area contributed by atoms with Gasteiger partial charge in [0.1, 0.15) is 48.8 Å². The summed E-state index contributed by atoms with van der Waals surface area (Å²) in [6, 6.07) is -0.934. The van der Waals surface area contributed by atoms with Gasteiger partial charge in [-0.25, -0.2) is 0 Å². The molecule has 14 nitrogen and oxygen atoms in total. The highest BCUT2D eigenvalue weighted by atomic mass is 16.7. The molecule has 0 radical (unpaired) electrons. The molecule has 0 saturated carbocycles. The van der Waals surface area contributed by atoms with Crippen molar-refractivity contribution in [3.63, 3.8) is 0 Å². The van der Waals surface area contributed by atoms with Gasteiger partial charge in [-0.2, -0.15) is 0 Å². The number of amides is 1. The second kappa shape index (κ2) is 65.5. The molecular formula is C82H147NO13. The molecule has 0 aromatic rings. The van der Waals surface area contributed by atoms with Gasteiger partial charge in [-0.3, -0.25) is 4.79 Å². The van der Waals surface area contributed by atoms with Crippen molar-refractivity contribution in [3.8, 4) is 0 Å². The summed E-state index contributed by atoms with van der Waals surface area (Å²) in [5, 5.41) is 87.6. The summed E-state index contributed by atoms with van der Waals surface area (Å²) in [4.78, 5) is 13.4. The van der Waals surface area contributed by atoms with Gasteiger partial charge in [0.15, 0.2) is 12.6 Å². The number of allylic oxidation sites excluding steroid dienone is 13. The Labute approximate surface area is 586 Å². The minimum Gasteiger partial charge on any atom is -0.394 e. The zero-order valence-electron chi connectivity index (χ0n) is 61.1. The monoisotopic (exact) mass is 1350 g/mol. The quantitative estimate of drug-likeness (QED) is 0.0204. The van der Waals surface area contributed by atoms with Crippen molar-refractivity contribution in [2.45, 2.75) is 408 Å². The van der Waals surface area contributed by atoms with E-state index in [1.807, 2.05) is 6.08 Å². The summed E-state index contributed by atoms with van der Waals surface area (Å²) in [5.74, 6) is -0.244. The molecule has 0 spiro atoms. The Balaban J connectivity index is 1.59. The van der Waals surface area contributed by atoms with E-state index in [2.05, 4.69) is 92.1 Å². The van der Waals surface area contributed by atoms with Crippen molar-refractivity contribution in [2.24, 2.45) is 0 Å². The fraction of sp³-hybridized carbons (Fsp3) is 0.817. The standard InChI is InChI=1S/C82H147NO13/c1-3-5-7-9-11-13-15-17-19-21-23-25-27-28-29-30-31-32-33-34-35-36-37-38-39-40-41-42-44-46-48-50-52-54-56-58-60-62-64-66-74(87)83-70(69-93-81-79(92)77(90)80(73(68-85)95-81)96-82-78(91)76(89)75(88)72(67-84)94-82)71(86)65-63-61-59-57-55-53-51-49-47-45-43-26-24-22-20-18-16-14-12-10-8-6-4-2/h5,7,11,13,17,19,23,25,28-29,55,57,63,65,70-73,75-82,84-86,88-92H,3-4,6,8-10,12,14-16,18,20-22,24,26-27,30-54,56,58-62,64,66-69H2,1-2H3,(H,83,87)/b7-5-,13-11-,19-17-,25-23-,29-28-,57-55+,65-63+. The number of rotatable bonds is 66. The minimum absolute atomic E-state index is 0.244.